The fourth-order valence-electron chi connectivity index (χ4n) is 2.49. The van der Waals surface area contributed by atoms with Gasteiger partial charge in [-0.1, -0.05) is 6.92 Å². The molecule has 0 aliphatic carbocycles. The van der Waals surface area contributed by atoms with E-state index in [0.717, 1.165) is 50.7 Å². The van der Waals surface area contributed by atoms with Crippen molar-refractivity contribution in [1.82, 2.24) is 9.80 Å². The van der Waals surface area contributed by atoms with Gasteiger partial charge in [0.2, 0.25) is 5.91 Å². The van der Waals surface area contributed by atoms with Gasteiger partial charge in [-0.2, -0.15) is 0 Å². The number of hydrogen-bond acceptors (Lipinski definition) is 6. The van der Waals surface area contributed by atoms with E-state index < -0.39 is 11.9 Å². The van der Waals surface area contributed by atoms with Crippen LogP contribution < -0.4 is 10.1 Å². The number of nitrogens with one attached hydrogen (secondary N) is 1. The third-order valence-corrected chi connectivity index (χ3v) is 4.12. The van der Waals surface area contributed by atoms with Gasteiger partial charge < -0.3 is 30.1 Å². The van der Waals surface area contributed by atoms with E-state index >= 15 is 0 Å². The van der Waals surface area contributed by atoms with Crippen LogP contribution in [0.4, 0.5) is 5.69 Å². The Bertz CT molecular complexity index is 600. The zero-order chi connectivity index (χ0) is 20.2. The smallest absolute Gasteiger partial charge is 0.414 e. The van der Waals surface area contributed by atoms with Gasteiger partial charge in [-0.15, -0.1) is 0 Å². The van der Waals surface area contributed by atoms with Crippen molar-refractivity contribution < 1.29 is 29.3 Å². The van der Waals surface area contributed by atoms with Crippen LogP contribution in [0, 0.1) is 0 Å². The van der Waals surface area contributed by atoms with Crippen molar-refractivity contribution in [3.8, 4) is 5.75 Å². The molecule has 0 aromatic heterocycles. The molecule has 0 atom stereocenters. The first-order valence-electron chi connectivity index (χ1n) is 8.70. The summed E-state index contributed by atoms with van der Waals surface area (Å²) in [6, 6.07) is 7.41. The predicted octanol–water partition coefficient (Wildman–Crippen LogP) is 0.817. The van der Waals surface area contributed by atoms with Gasteiger partial charge in [-0.3, -0.25) is 4.79 Å². The molecule has 1 aliphatic heterocycles. The number of hydrogen-bond donors (Lipinski definition) is 3. The highest BCUT2D eigenvalue weighted by Gasteiger charge is 2.16. The number of carbonyl (C=O) groups excluding carboxylic acids is 1. The van der Waals surface area contributed by atoms with E-state index in [1.807, 2.05) is 24.3 Å². The Morgan fingerprint density at radius 3 is 1.96 bits per heavy atom. The number of carbonyl (C=O) groups is 3. The lowest BCUT2D eigenvalue weighted by molar-refractivity contribution is -0.159. The molecule has 1 aliphatic rings. The van der Waals surface area contributed by atoms with Gasteiger partial charge in [0, 0.05) is 44.8 Å². The second-order valence-corrected chi connectivity index (χ2v) is 5.91. The number of carboxylic acid groups (broad SMARTS) is 2. The summed E-state index contributed by atoms with van der Waals surface area (Å²) < 4.78 is 5.10. The summed E-state index contributed by atoms with van der Waals surface area (Å²) in [5.41, 5.74) is 0.816. The second-order valence-electron chi connectivity index (χ2n) is 5.91. The molecule has 3 N–H and O–H groups in total. The number of rotatable bonds is 6. The number of anilines is 1. The highest BCUT2D eigenvalue weighted by Crippen LogP contribution is 2.15. The summed E-state index contributed by atoms with van der Waals surface area (Å²) in [5.74, 6) is -2.79. The van der Waals surface area contributed by atoms with Gasteiger partial charge in [0.15, 0.2) is 0 Å². The molecule has 0 bridgehead atoms. The number of aliphatic carboxylic acids is 2. The molecule has 9 nitrogen and oxygen atoms in total. The van der Waals surface area contributed by atoms with Crippen LogP contribution in [-0.4, -0.2) is 84.2 Å². The number of ether oxygens (including phenoxy) is 1. The molecule has 0 radical (unpaired) electrons. The minimum Gasteiger partial charge on any atom is -0.497 e. The number of methoxy groups -OCH3 is 1. The fraction of sp³-hybridized carbons (Fsp3) is 0.500. The van der Waals surface area contributed by atoms with Gasteiger partial charge in [0.05, 0.1) is 7.11 Å². The topological polar surface area (TPSA) is 119 Å². The van der Waals surface area contributed by atoms with E-state index in [2.05, 4.69) is 22.0 Å². The van der Waals surface area contributed by atoms with Gasteiger partial charge in [0.25, 0.3) is 0 Å². The lowest BCUT2D eigenvalue weighted by Crippen LogP contribution is -2.46. The quantitative estimate of drug-likeness (QED) is 0.620. The zero-order valence-electron chi connectivity index (χ0n) is 15.7. The molecule has 1 aromatic rings. The average Bonchev–Trinajstić information content (AvgIpc) is 2.67. The van der Waals surface area contributed by atoms with E-state index in [0.29, 0.717) is 6.42 Å². The Kier molecular flexibility index (Phi) is 9.84. The molecule has 27 heavy (non-hydrogen) atoms. The molecule has 9 heteroatoms. The Morgan fingerprint density at radius 2 is 1.52 bits per heavy atom. The number of benzene rings is 1. The summed E-state index contributed by atoms with van der Waals surface area (Å²) in [7, 11) is 1.63. The number of nitrogens with zero attached hydrogens (tertiary/aromatic N) is 2. The molecular weight excluding hydrogens is 354 g/mol. The maximum atomic E-state index is 12.0. The van der Waals surface area contributed by atoms with Crippen LogP contribution in [-0.2, 0) is 14.4 Å². The lowest BCUT2D eigenvalue weighted by Gasteiger charge is -2.33. The highest BCUT2D eigenvalue weighted by atomic mass is 16.5. The summed E-state index contributed by atoms with van der Waals surface area (Å²) >= 11 is 0. The van der Waals surface area contributed by atoms with Crippen molar-refractivity contribution in [3.63, 3.8) is 0 Å². The van der Waals surface area contributed by atoms with Crippen LogP contribution in [0.2, 0.25) is 0 Å². The van der Waals surface area contributed by atoms with E-state index in [9.17, 15) is 4.79 Å². The molecule has 1 aromatic carbocycles. The van der Waals surface area contributed by atoms with E-state index in [1.54, 1.807) is 7.11 Å². The predicted molar refractivity (Wildman–Crippen MR) is 100 cm³/mol. The van der Waals surface area contributed by atoms with Crippen LogP contribution in [0.3, 0.4) is 0 Å². The van der Waals surface area contributed by atoms with Gasteiger partial charge in [0.1, 0.15) is 5.75 Å². The van der Waals surface area contributed by atoms with E-state index in [-0.39, 0.29) is 5.91 Å². The number of carboxylic acids is 2. The molecular formula is C18H27N3O6. The molecule has 0 saturated carbocycles. The molecule has 1 fully saturated rings. The Morgan fingerprint density at radius 1 is 1.00 bits per heavy atom. The Balaban J connectivity index is 0.000000527. The van der Waals surface area contributed by atoms with E-state index in [4.69, 9.17) is 24.5 Å². The first-order chi connectivity index (χ1) is 12.8. The second kappa shape index (κ2) is 11.9. The van der Waals surface area contributed by atoms with Crippen LogP contribution >= 0.6 is 0 Å². The molecule has 2 rings (SSSR count). The summed E-state index contributed by atoms with van der Waals surface area (Å²) in [4.78, 5) is 34.9. The van der Waals surface area contributed by atoms with Crippen LogP contribution in [0.15, 0.2) is 24.3 Å². The van der Waals surface area contributed by atoms with Crippen molar-refractivity contribution in [1.29, 1.82) is 0 Å². The van der Waals surface area contributed by atoms with Crippen LogP contribution in [0.1, 0.15) is 13.3 Å². The first kappa shape index (κ1) is 22.4. The third-order valence-electron chi connectivity index (χ3n) is 4.12. The highest BCUT2D eigenvalue weighted by molar-refractivity contribution is 6.27. The first-order valence-corrected chi connectivity index (χ1v) is 8.70. The fourth-order valence-corrected chi connectivity index (χ4v) is 2.49. The molecule has 1 amide bonds. The lowest BCUT2D eigenvalue weighted by atomic mass is 10.2. The minimum atomic E-state index is -1.82. The number of amides is 1. The number of piperazine rings is 1. The molecule has 1 saturated heterocycles. The van der Waals surface area contributed by atoms with Crippen molar-refractivity contribution in [2.24, 2.45) is 0 Å². The SMILES string of the molecule is CCN1CCN(CCC(=O)Nc2ccc(OC)cc2)CC1.O=C(O)C(=O)O. The summed E-state index contributed by atoms with van der Waals surface area (Å²) in [5, 5.41) is 17.7. The van der Waals surface area contributed by atoms with Gasteiger partial charge in [-0.25, -0.2) is 9.59 Å². The molecule has 1 heterocycles. The van der Waals surface area contributed by atoms with Crippen molar-refractivity contribution in [2.75, 3.05) is 51.7 Å². The maximum absolute atomic E-state index is 12.0. The van der Waals surface area contributed by atoms with Crippen molar-refractivity contribution in [2.45, 2.75) is 13.3 Å². The van der Waals surface area contributed by atoms with E-state index in [1.165, 1.54) is 0 Å². The van der Waals surface area contributed by atoms with Crippen molar-refractivity contribution >= 4 is 23.5 Å². The number of likely N-dealkylation sites (N-methyl/N-ethyl adjacent to an activating group) is 1. The molecule has 0 unspecified atom stereocenters. The monoisotopic (exact) mass is 381 g/mol. The Labute approximate surface area is 158 Å². The van der Waals surface area contributed by atoms with Gasteiger partial charge >= 0.3 is 11.9 Å². The largest absolute Gasteiger partial charge is 0.497 e. The standard InChI is InChI=1S/C16H25N3O2.C2H2O4/c1-3-18-10-12-19(13-11-18)9-8-16(20)17-14-4-6-15(21-2)7-5-14;3-1(4)2(5)6/h4-7H,3,8-13H2,1-2H3,(H,17,20);(H,3,4)(H,5,6). The molecule has 150 valence electrons. The zero-order valence-corrected chi connectivity index (χ0v) is 15.7. The van der Waals surface area contributed by atoms with Gasteiger partial charge in [-0.05, 0) is 30.8 Å². The van der Waals surface area contributed by atoms with Crippen LogP contribution in [0.25, 0.3) is 0 Å². The molecule has 0 spiro atoms. The summed E-state index contributed by atoms with van der Waals surface area (Å²) in [6.07, 6.45) is 0.540. The summed E-state index contributed by atoms with van der Waals surface area (Å²) in [6.45, 7) is 8.48. The maximum Gasteiger partial charge on any atom is 0.414 e. The average molecular weight is 381 g/mol. The van der Waals surface area contributed by atoms with Crippen LogP contribution in [0.5, 0.6) is 5.75 Å². The third kappa shape index (κ3) is 9.02. The Hall–Kier alpha value is -2.65. The normalized spacial score (nSPS) is 14.6. The minimum absolute atomic E-state index is 0.0677. The van der Waals surface area contributed by atoms with Crippen molar-refractivity contribution in [3.05, 3.63) is 24.3 Å².